The molecule has 2 rings (SSSR count). The van der Waals surface area contributed by atoms with E-state index >= 15 is 0 Å². The molecule has 0 aliphatic rings. The summed E-state index contributed by atoms with van der Waals surface area (Å²) in [4.78, 5) is 41.4. The lowest BCUT2D eigenvalue weighted by Gasteiger charge is -2.11. The summed E-state index contributed by atoms with van der Waals surface area (Å²) < 4.78 is 0. The third kappa shape index (κ3) is 3.72. The largest absolute Gasteiger partial charge is 0.365 e. The lowest BCUT2D eigenvalue weighted by molar-refractivity contribution is 0.0995. The number of amides is 1. The maximum absolute atomic E-state index is 11.9. The Hall–Kier alpha value is -2.32. The highest BCUT2D eigenvalue weighted by atomic mass is 35.5. The number of benzene rings is 1. The number of thioether (sulfide) groups is 1. The maximum atomic E-state index is 11.9. The molecule has 0 aliphatic carbocycles. The van der Waals surface area contributed by atoms with Gasteiger partial charge in [-0.1, -0.05) is 23.4 Å². The number of H-pyrrole nitrogens is 1. The number of nitrogens with two attached hydrogens (primary N) is 1. The first-order valence-corrected chi connectivity index (χ1v) is 7.99. The van der Waals surface area contributed by atoms with E-state index < -0.39 is 11.5 Å². The summed E-state index contributed by atoms with van der Waals surface area (Å²) in [5.41, 5.74) is 5.16. The third-order valence-corrected chi connectivity index (χ3v) is 3.84. The van der Waals surface area contributed by atoms with Gasteiger partial charge < -0.3 is 16.0 Å². The molecule has 9 heteroatoms. The van der Waals surface area contributed by atoms with Gasteiger partial charge in [-0.2, -0.15) is 0 Å². The van der Waals surface area contributed by atoms with Gasteiger partial charge in [-0.05, 0) is 31.4 Å². The lowest BCUT2D eigenvalue weighted by atomic mass is 10.1. The van der Waals surface area contributed by atoms with Crippen molar-refractivity contribution in [3.05, 3.63) is 44.7 Å². The number of primary amides is 1. The van der Waals surface area contributed by atoms with E-state index in [-0.39, 0.29) is 22.2 Å². The number of aromatic amines is 1. The molecule has 0 unspecified atom stereocenters. The van der Waals surface area contributed by atoms with Gasteiger partial charge in [0.05, 0.1) is 5.02 Å². The molecule has 1 aromatic heterocycles. The van der Waals surface area contributed by atoms with Gasteiger partial charge in [-0.25, -0.2) is 4.98 Å². The lowest BCUT2D eigenvalue weighted by Crippen LogP contribution is -2.26. The first-order chi connectivity index (χ1) is 10.8. The Morgan fingerprint density at radius 3 is 2.61 bits per heavy atom. The molecule has 7 nitrogen and oxygen atoms in total. The monoisotopic (exact) mass is 352 g/mol. The number of hydrogen-bond donors (Lipinski definition) is 3. The van der Waals surface area contributed by atoms with Crippen LogP contribution in [0, 0.1) is 0 Å². The number of Topliss-reactive ketones (excluding diaryl/α,β-unsaturated/α-hetero) is 1. The number of halogens is 1. The number of ketones is 1. The van der Waals surface area contributed by atoms with Gasteiger partial charge >= 0.3 is 0 Å². The quantitative estimate of drug-likeness (QED) is 0.431. The van der Waals surface area contributed by atoms with Gasteiger partial charge in [0.15, 0.2) is 16.8 Å². The third-order valence-electron chi connectivity index (χ3n) is 2.95. The van der Waals surface area contributed by atoms with Gasteiger partial charge in [0.2, 0.25) is 0 Å². The van der Waals surface area contributed by atoms with Crippen molar-refractivity contribution in [3.63, 3.8) is 0 Å². The Morgan fingerprint density at radius 2 is 2.09 bits per heavy atom. The summed E-state index contributed by atoms with van der Waals surface area (Å²) >= 11 is 7.25. The van der Waals surface area contributed by atoms with Crippen LogP contribution in [0.15, 0.2) is 28.2 Å². The number of aromatic nitrogens is 2. The number of nitrogens with one attached hydrogen (secondary N) is 2. The minimum Gasteiger partial charge on any atom is -0.365 e. The van der Waals surface area contributed by atoms with Crippen molar-refractivity contribution in [3.8, 4) is 0 Å². The minimum absolute atomic E-state index is 0.0252. The van der Waals surface area contributed by atoms with Crippen LogP contribution in [0.5, 0.6) is 0 Å². The Kier molecular flexibility index (Phi) is 5.07. The van der Waals surface area contributed by atoms with Crippen LogP contribution in [0.25, 0.3) is 0 Å². The highest BCUT2D eigenvalue weighted by Gasteiger charge is 2.17. The van der Waals surface area contributed by atoms with Gasteiger partial charge in [0.25, 0.3) is 11.5 Å². The number of anilines is 2. The highest BCUT2D eigenvalue weighted by Crippen LogP contribution is 2.24. The van der Waals surface area contributed by atoms with E-state index in [0.717, 1.165) is 0 Å². The van der Waals surface area contributed by atoms with Crippen LogP contribution in [0.3, 0.4) is 0 Å². The zero-order chi connectivity index (χ0) is 17.1. The zero-order valence-corrected chi connectivity index (χ0v) is 13.8. The average molecular weight is 353 g/mol. The molecule has 1 heterocycles. The molecule has 0 fully saturated rings. The smallest absolute Gasteiger partial charge is 0.266 e. The molecular weight excluding hydrogens is 340 g/mol. The zero-order valence-electron chi connectivity index (χ0n) is 12.3. The molecule has 2 aromatic rings. The molecule has 0 spiro atoms. The van der Waals surface area contributed by atoms with Crippen LogP contribution in [-0.2, 0) is 0 Å². The standard InChI is InChI=1S/C14H13ClN4O3S/c1-6(20)8-4-3-7(5-9(8)15)17-12-10(11(16)21)13(22)19-14(18-12)23-2/h3-5H,1-2H3,(H2,16,21)(H2,17,18,19,22). The van der Waals surface area contributed by atoms with Crippen molar-refractivity contribution in [1.82, 2.24) is 9.97 Å². The van der Waals surface area contributed by atoms with E-state index in [9.17, 15) is 14.4 Å². The number of hydrogen-bond acceptors (Lipinski definition) is 6. The summed E-state index contributed by atoms with van der Waals surface area (Å²) in [5.74, 6) is -1.05. The van der Waals surface area contributed by atoms with Gasteiger partial charge in [0.1, 0.15) is 5.56 Å². The Labute approximate surface area is 140 Å². The van der Waals surface area contributed by atoms with Crippen LogP contribution in [-0.4, -0.2) is 27.9 Å². The molecule has 120 valence electrons. The van der Waals surface area contributed by atoms with Gasteiger partial charge in [0, 0.05) is 11.3 Å². The number of nitrogens with zero attached hydrogens (tertiary/aromatic N) is 1. The second-order valence-corrected chi connectivity index (χ2v) is 5.74. The summed E-state index contributed by atoms with van der Waals surface area (Å²) in [7, 11) is 0. The number of carbonyl (C=O) groups is 2. The predicted octanol–water partition coefficient (Wildman–Crippen LogP) is 2.19. The second kappa shape index (κ2) is 6.84. The molecule has 23 heavy (non-hydrogen) atoms. The number of carbonyl (C=O) groups excluding carboxylic acids is 2. The molecule has 0 aliphatic heterocycles. The Bertz CT molecular complexity index is 850. The molecular formula is C14H13ClN4O3S. The molecule has 1 aromatic carbocycles. The van der Waals surface area contributed by atoms with E-state index in [1.807, 2.05) is 0 Å². The molecule has 0 saturated carbocycles. The molecule has 4 N–H and O–H groups in total. The van der Waals surface area contributed by atoms with Crippen molar-refractivity contribution in [2.75, 3.05) is 11.6 Å². The van der Waals surface area contributed by atoms with Crippen molar-refractivity contribution in [2.45, 2.75) is 12.1 Å². The fourth-order valence-electron chi connectivity index (χ4n) is 1.88. The van der Waals surface area contributed by atoms with Crippen LogP contribution in [0.1, 0.15) is 27.6 Å². The molecule has 0 radical (unpaired) electrons. The van der Waals surface area contributed by atoms with E-state index in [2.05, 4.69) is 15.3 Å². The summed E-state index contributed by atoms with van der Waals surface area (Å²) in [6, 6.07) is 4.64. The van der Waals surface area contributed by atoms with Crippen LogP contribution < -0.4 is 16.6 Å². The normalized spacial score (nSPS) is 10.4. The van der Waals surface area contributed by atoms with E-state index in [0.29, 0.717) is 16.4 Å². The fourth-order valence-corrected chi connectivity index (χ4v) is 2.57. The van der Waals surface area contributed by atoms with Crippen LogP contribution in [0.2, 0.25) is 5.02 Å². The average Bonchev–Trinajstić information content (AvgIpc) is 2.45. The molecule has 1 amide bonds. The van der Waals surface area contributed by atoms with Crippen molar-refractivity contribution < 1.29 is 9.59 Å². The molecule has 0 saturated heterocycles. The highest BCUT2D eigenvalue weighted by molar-refractivity contribution is 7.98. The predicted molar refractivity (Wildman–Crippen MR) is 89.9 cm³/mol. The minimum atomic E-state index is -0.902. The van der Waals surface area contributed by atoms with Crippen LogP contribution >= 0.6 is 23.4 Å². The van der Waals surface area contributed by atoms with Gasteiger partial charge in [-0.3, -0.25) is 14.4 Å². The fraction of sp³-hybridized carbons (Fsp3) is 0.143. The maximum Gasteiger partial charge on any atom is 0.266 e. The first-order valence-electron chi connectivity index (χ1n) is 6.39. The van der Waals surface area contributed by atoms with Crippen molar-refractivity contribution >= 4 is 46.6 Å². The summed E-state index contributed by atoms with van der Waals surface area (Å²) in [5, 5.41) is 3.41. The van der Waals surface area contributed by atoms with Gasteiger partial charge in [-0.15, -0.1) is 0 Å². The van der Waals surface area contributed by atoms with E-state index in [4.69, 9.17) is 17.3 Å². The van der Waals surface area contributed by atoms with E-state index in [1.54, 1.807) is 18.4 Å². The Morgan fingerprint density at radius 1 is 1.39 bits per heavy atom. The SMILES string of the molecule is CSc1nc(Nc2ccc(C(C)=O)c(Cl)c2)c(C(N)=O)c(=O)[nH]1. The second-order valence-electron chi connectivity index (χ2n) is 4.54. The van der Waals surface area contributed by atoms with Crippen LogP contribution in [0.4, 0.5) is 11.5 Å². The summed E-state index contributed by atoms with van der Waals surface area (Å²) in [6.45, 7) is 1.41. The number of rotatable bonds is 5. The summed E-state index contributed by atoms with van der Waals surface area (Å²) in [6.07, 6.45) is 1.73. The van der Waals surface area contributed by atoms with Crippen molar-refractivity contribution in [2.24, 2.45) is 5.73 Å². The van der Waals surface area contributed by atoms with E-state index in [1.165, 1.54) is 24.8 Å². The topological polar surface area (TPSA) is 118 Å². The van der Waals surface area contributed by atoms with Crippen molar-refractivity contribution in [1.29, 1.82) is 0 Å². The first kappa shape index (κ1) is 17.0. The Balaban J connectivity index is 2.49. The molecule has 0 atom stereocenters. The molecule has 0 bridgehead atoms.